The van der Waals surface area contributed by atoms with E-state index in [1.165, 1.54) is 0 Å². The Kier molecular flexibility index (Phi) is 6.80. The minimum absolute atomic E-state index is 0.0207. The van der Waals surface area contributed by atoms with E-state index in [4.69, 9.17) is 0 Å². The van der Waals surface area contributed by atoms with Gasteiger partial charge in [0.25, 0.3) is 0 Å². The van der Waals surface area contributed by atoms with Gasteiger partial charge in [0.15, 0.2) is 0 Å². The lowest BCUT2D eigenvalue weighted by atomic mass is 9.90. The van der Waals surface area contributed by atoms with Crippen molar-refractivity contribution in [3.63, 3.8) is 0 Å². The van der Waals surface area contributed by atoms with Crippen molar-refractivity contribution in [1.29, 1.82) is 0 Å². The number of benzene rings is 3. The fourth-order valence-electron chi connectivity index (χ4n) is 3.27. The molecule has 0 aliphatic heterocycles. The molecule has 3 aromatic rings. The molecule has 2 N–H and O–H groups in total. The largest absolute Gasteiger partial charge is 0.349 e. The van der Waals surface area contributed by atoms with Crippen LogP contribution < -0.4 is 10.6 Å². The number of rotatable bonds is 7. The second-order valence-electron chi connectivity index (χ2n) is 7.01. The average Bonchev–Trinajstić information content (AvgIpc) is 2.76. The summed E-state index contributed by atoms with van der Waals surface area (Å²) in [5.41, 5.74) is 3.65. The van der Waals surface area contributed by atoms with E-state index in [1.54, 1.807) is 0 Å². The van der Waals surface area contributed by atoms with Gasteiger partial charge < -0.3 is 10.6 Å². The van der Waals surface area contributed by atoms with Crippen LogP contribution in [0.25, 0.3) is 0 Å². The Morgan fingerprint density at radius 3 is 1.76 bits per heavy atom. The number of carbonyl (C=O) groups is 2. The minimum Gasteiger partial charge on any atom is -0.349 e. The van der Waals surface area contributed by atoms with E-state index < -0.39 is 0 Å². The van der Waals surface area contributed by atoms with Crippen LogP contribution in [0.1, 0.15) is 48.9 Å². The maximum Gasteiger partial charge on any atom is 0.232 e. The third-order valence-corrected chi connectivity index (χ3v) is 4.90. The summed E-state index contributed by atoms with van der Waals surface area (Å²) in [5.74, 6) is -0.436. The van der Waals surface area contributed by atoms with Crippen LogP contribution in [0.5, 0.6) is 0 Å². The molecule has 0 saturated carbocycles. The Morgan fingerprint density at radius 1 is 0.759 bits per heavy atom. The van der Waals surface area contributed by atoms with Crippen LogP contribution in [0.2, 0.25) is 0 Å². The first kappa shape index (κ1) is 20.3. The average molecular weight is 386 g/mol. The normalized spacial score (nSPS) is 11.7. The number of carbonyl (C=O) groups excluding carboxylic acids is 2. The van der Waals surface area contributed by atoms with Gasteiger partial charge in [0, 0.05) is 12.1 Å². The maximum atomic E-state index is 13.2. The van der Waals surface area contributed by atoms with E-state index in [0.29, 0.717) is 6.42 Å². The predicted molar refractivity (Wildman–Crippen MR) is 117 cm³/mol. The topological polar surface area (TPSA) is 58.2 Å². The van der Waals surface area contributed by atoms with Gasteiger partial charge in [0.2, 0.25) is 11.8 Å². The number of hydrogen-bond donors (Lipinski definition) is 2. The molecule has 0 radical (unpaired) electrons. The van der Waals surface area contributed by atoms with Crippen LogP contribution in [0.15, 0.2) is 84.9 Å². The van der Waals surface area contributed by atoms with Crippen LogP contribution in [0.4, 0.5) is 5.69 Å². The van der Waals surface area contributed by atoms with E-state index in [-0.39, 0.29) is 23.8 Å². The Morgan fingerprint density at radius 2 is 1.28 bits per heavy atom. The molecule has 29 heavy (non-hydrogen) atoms. The molecule has 4 heteroatoms. The summed E-state index contributed by atoms with van der Waals surface area (Å²) in [6.45, 7) is 3.78. The van der Waals surface area contributed by atoms with Gasteiger partial charge in [-0.2, -0.15) is 0 Å². The number of amides is 2. The first-order valence-corrected chi connectivity index (χ1v) is 9.88. The second-order valence-corrected chi connectivity index (χ2v) is 7.01. The van der Waals surface area contributed by atoms with Crippen molar-refractivity contribution in [1.82, 2.24) is 5.32 Å². The van der Waals surface area contributed by atoms with Gasteiger partial charge in [-0.1, -0.05) is 79.7 Å². The highest BCUT2D eigenvalue weighted by atomic mass is 16.2. The maximum absolute atomic E-state index is 13.2. The molecule has 3 rings (SSSR count). The molecule has 0 aliphatic rings. The molecule has 1 atom stereocenters. The molecule has 4 nitrogen and oxygen atoms in total. The summed E-state index contributed by atoms with van der Waals surface area (Å²) in [4.78, 5) is 24.7. The summed E-state index contributed by atoms with van der Waals surface area (Å²) in [6, 6.07) is 27.0. The SMILES string of the molecule is CCC(=O)Nc1ccc(C(C)NC(=O)C(c2ccccc2)c2ccccc2)cc1. The van der Waals surface area contributed by atoms with Crippen LogP contribution in [-0.4, -0.2) is 11.8 Å². The molecule has 148 valence electrons. The fraction of sp³-hybridized carbons (Fsp3) is 0.200. The summed E-state index contributed by atoms with van der Waals surface area (Å²) in [7, 11) is 0. The van der Waals surface area contributed by atoms with Crippen LogP contribution in [0, 0.1) is 0 Å². The van der Waals surface area contributed by atoms with Gasteiger partial charge in [-0.15, -0.1) is 0 Å². The van der Waals surface area contributed by atoms with Crippen molar-refractivity contribution in [2.45, 2.75) is 32.2 Å². The Hall–Kier alpha value is -3.40. The molecule has 0 fully saturated rings. The van der Waals surface area contributed by atoms with Crippen LogP contribution >= 0.6 is 0 Å². The highest BCUT2D eigenvalue weighted by Crippen LogP contribution is 2.26. The third-order valence-electron chi connectivity index (χ3n) is 4.90. The second kappa shape index (κ2) is 9.69. The lowest BCUT2D eigenvalue weighted by Crippen LogP contribution is -2.32. The first-order chi connectivity index (χ1) is 14.1. The summed E-state index contributed by atoms with van der Waals surface area (Å²) in [5, 5.41) is 5.97. The molecule has 0 aromatic heterocycles. The molecule has 2 amide bonds. The molecule has 0 saturated heterocycles. The van der Waals surface area contributed by atoms with E-state index >= 15 is 0 Å². The Labute approximate surface area is 172 Å². The third kappa shape index (κ3) is 5.32. The summed E-state index contributed by atoms with van der Waals surface area (Å²) >= 11 is 0. The molecule has 0 bridgehead atoms. The van der Waals surface area contributed by atoms with E-state index in [1.807, 2.05) is 98.8 Å². The predicted octanol–water partition coefficient (Wildman–Crippen LogP) is 5.04. The molecule has 1 unspecified atom stereocenters. The van der Waals surface area contributed by atoms with Crippen molar-refractivity contribution >= 4 is 17.5 Å². The van der Waals surface area contributed by atoms with Gasteiger partial charge in [-0.3, -0.25) is 9.59 Å². The van der Waals surface area contributed by atoms with Gasteiger partial charge >= 0.3 is 0 Å². The quantitative estimate of drug-likeness (QED) is 0.597. The van der Waals surface area contributed by atoms with Crippen molar-refractivity contribution in [3.05, 3.63) is 102 Å². The zero-order valence-electron chi connectivity index (χ0n) is 16.8. The molecule has 0 spiro atoms. The molecule has 3 aromatic carbocycles. The molecular weight excluding hydrogens is 360 g/mol. The van der Waals surface area contributed by atoms with Crippen LogP contribution in [-0.2, 0) is 9.59 Å². The van der Waals surface area contributed by atoms with E-state index in [0.717, 1.165) is 22.4 Å². The first-order valence-electron chi connectivity index (χ1n) is 9.88. The van der Waals surface area contributed by atoms with Gasteiger partial charge in [-0.25, -0.2) is 0 Å². The van der Waals surface area contributed by atoms with E-state index in [2.05, 4.69) is 10.6 Å². The molecular formula is C25H26N2O2. The highest BCUT2D eigenvalue weighted by molar-refractivity contribution is 5.90. The standard InChI is InChI=1S/C25H26N2O2/c1-3-23(28)27-22-16-14-19(15-17-22)18(2)26-25(29)24(20-10-6-4-7-11-20)21-12-8-5-9-13-21/h4-18,24H,3H2,1-2H3,(H,26,29)(H,27,28). The highest BCUT2D eigenvalue weighted by Gasteiger charge is 2.24. The summed E-state index contributed by atoms with van der Waals surface area (Å²) < 4.78 is 0. The Balaban J connectivity index is 1.76. The van der Waals surface area contributed by atoms with Gasteiger partial charge in [0.05, 0.1) is 12.0 Å². The lowest BCUT2D eigenvalue weighted by Gasteiger charge is -2.21. The number of hydrogen-bond acceptors (Lipinski definition) is 2. The zero-order chi connectivity index (χ0) is 20.6. The molecule has 0 heterocycles. The van der Waals surface area contributed by atoms with Crippen molar-refractivity contribution in [2.75, 3.05) is 5.32 Å². The van der Waals surface area contributed by atoms with E-state index in [9.17, 15) is 9.59 Å². The van der Waals surface area contributed by atoms with Crippen molar-refractivity contribution < 1.29 is 9.59 Å². The number of anilines is 1. The van der Waals surface area contributed by atoms with Crippen LogP contribution in [0.3, 0.4) is 0 Å². The lowest BCUT2D eigenvalue weighted by molar-refractivity contribution is -0.122. The van der Waals surface area contributed by atoms with Gasteiger partial charge in [0.1, 0.15) is 0 Å². The smallest absolute Gasteiger partial charge is 0.232 e. The van der Waals surface area contributed by atoms with Gasteiger partial charge in [-0.05, 0) is 35.7 Å². The number of nitrogens with one attached hydrogen (secondary N) is 2. The van der Waals surface area contributed by atoms with Crippen molar-refractivity contribution in [2.24, 2.45) is 0 Å². The van der Waals surface area contributed by atoms with Crippen molar-refractivity contribution in [3.8, 4) is 0 Å². The fourth-order valence-corrected chi connectivity index (χ4v) is 3.27. The minimum atomic E-state index is -0.372. The zero-order valence-corrected chi connectivity index (χ0v) is 16.8. The monoisotopic (exact) mass is 386 g/mol. The Bertz CT molecular complexity index is 898. The summed E-state index contributed by atoms with van der Waals surface area (Å²) in [6.07, 6.45) is 0.439. The molecule has 0 aliphatic carbocycles.